The van der Waals surface area contributed by atoms with Crippen LogP contribution in [0.15, 0.2) is 12.1 Å². The van der Waals surface area contributed by atoms with Crippen molar-refractivity contribution >= 4 is 9.84 Å². The van der Waals surface area contributed by atoms with E-state index in [4.69, 9.17) is 0 Å². The highest BCUT2D eigenvalue weighted by molar-refractivity contribution is 7.91. The van der Waals surface area contributed by atoms with Gasteiger partial charge in [-0.3, -0.25) is 0 Å². The molecule has 1 aromatic rings. The Balaban J connectivity index is 3.35. The number of rotatable bonds is 5. The van der Waals surface area contributed by atoms with Crippen LogP contribution in [0.1, 0.15) is 42.1 Å². The second kappa shape index (κ2) is 6.06. The molecule has 0 aromatic heterocycles. The van der Waals surface area contributed by atoms with E-state index < -0.39 is 15.1 Å². The molecule has 2 atom stereocenters. The van der Waals surface area contributed by atoms with Crippen LogP contribution in [0, 0.1) is 20.8 Å². The summed E-state index contributed by atoms with van der Waals surface area (Å²) in [7, 11) is -3.08. The number of hydrogen-bond acceptors (Lipinski definition) is 3. The first-order valence-electron chi connectivity index (χ1n) is 6.68. The number of hydrogen-bond donors (Lipinski definition) is 1. The standard InChI is InChI=1S/C15H25NO2S/c1-7-16-15(13(5)19(6,17)18)14-11(3)8-10(2)9-12(14)4/h8-9,13,15-16H,7H2,1-6H3. The van der Waals surface area contributed by atoms with Gasteiger partial charge < -0.3 is 5.32 Å². The van der Waals surface area contributed by atoms with Crippen molar-refractivity contribution in [2.75, 3.05) is 12.8 Å². The van der Waals surface area contributed by atoms with Crippen molar-refractivity contribution in [1.82, 2.24) is 5.32 Å². The average molecular weight is 283 g/mol. The van der Waals surface area contributed by atoms with Crippen LogP contribution in [0.25, 0.3) is 0 Å². The molecule has 0 fully saturated rings. The Morgan fingerprint density at radius 2 is 1.63 bits per heavy atom. The molecule has 0 saturated heterocycles. The predicted octanol–water partition coefficient (Wildman–Crippen LogP) is 2.70. The van der Waals surface area contributed by atoms with Crippen molar-refractivity contribution in [1.29, 1.82) is 0 Å². The van der Waals surface area contributed by atoms with Gasteiger partial charge >= 0.3 is 0 Å². The summed E-state index contributed by atoms with van der Waals surface area (Å²) in [5.74, 6) is 0. The minimum absolute atomic E-state index is 0.152. The molecule has 0 heterocycles. The SMILES string of the molecule is CCNC(c1c(C)cc(C)cc1C)C(C)S(C)(=O)=O. The van der Waals surface area contributed by atoms with Gasteiger partial charge in [0.15, 0.2) is 9.84 Å². The van der Waals surface area contributed by atoms with E-state index in [2.05, 4.69) is 38.2 Å². The van der Waals surface area contributed by atoms with Crippen LogP contribution in [-0.4, -0.2) is 26.5 Å². The van der Waals surface area contributed by atoms with Crippen LogP contribution in [0.3, 0.4) is 0 Å². The van der Waals surface area contributed by atoms with E-state index in [-0.39, 0.29) is 6.04 Å². The fourth-order valence-electron chi connectivity index (χ4n) is 2.65. The highest BCUT2D eigenvalue weighted by Crippen LogP contribution is 2.28. The number of benzene rings is 1. The fraction of sp³-hybridized carbons (Fsp3) is 0.600. The van der Waals surface area contributed by atoms with E-state index in [0.717, 1.165) is 23.2 Å². The Morgan fingerprint density at radius 1 is 1.16 bits per heavy atom. The highest BCUT2D eigenvalue weighted by Gasteiger charge is 2.28. The van der Waals surface area contributed by atoms with Crippen molar-refractivity contribution in [3.05, 3.63) is 34.4 Å². The summed E-state index contributed by atoms with van der Waals surface area (Å²) in [6, 6.07) is 4.07. The summed E-state index contributed by atoms with van der Waals surface area (Å²) in [6.07, 6.45) is 1.31. The Morgan fingerprint density at radius 3 is 2.00 bits per heavy atom. The third kappa shape index (κ3) is 3.80. The molecule has 0 aliphatic carbocycles. The van der Waals surface area contributed by atoms with E-state index in [0.29, 0.717) is 0 Å². The molecule has 108 valence electrons. The lowest BCUT2D eigenvalue weighted by molar-refractivity contribution is 0.510. The van der Waals surface area contributed by atoms with Gasteiger partial charge in [-0.15, -0.1) is 0 Å². The minimum atomic E-state index is -3.08. The van der Waals surface area contributed by atoms with Crippen molar-refractivity contribution in [2.24, 2.45) is 0 Å². The number of aryl methyl sites for hydroxylation is 3. The maximum absolute atomic E-state index is 11.9. The summed E-state index contributed by atoms with van der Waals surface area (Å²) in [5, 5.41) is 2.89. The number of nitrogens with one attached hydrogen (secondary N) is 1. The molecule has 0 radical (unpaired) electrons. The molecule has 3 nitrogen and oxygen atoms in total. The lowest BCUT2D eigenvalue weighted by Gasteiger charge is -2.27. The minimum Gasteiger partial charge on any atom is -0.309 e. The zero-order chi connectivity index (χ0) is 14.8. The maximum atomic E-state index is 11.9. The molecule has 2 unspecified atom stereocenters. The Bertz CT molecular complexity index is 526. The largest absolute Gasteiger partial charge is 0.309 e. The van der Waals surface area contributed by atoms with Gasteiger partial charge in [-0.25, -0.2) is 8.42 Å². The summed E-state index contributed by atoms with van der Waals surface area (Å²) >= 11 is 0. The van der Waals surface area contributed by atoms with Crippen LogP contribution >= 0.6 is 0 Å². The molecule has 0 aliphatic rings. The van der Waals surface area contributed by atoms with E-state index in [1.807, 2.05) is 6.92 Å². The van der Waals surface area contributed by atoms with Gasteiger partial charge in [0.1, 0.15) is 0 Å². The van der Waals surface area contributed by atoms with Gasteiger partial charge in [-0.05, 0) is 50.9 Å². The lowest BCUT2D eigenvalue weighted by atomic mass is 9.92. The van der Waals surface area contributed by atoms with Gasteiger partial charge in [0.2, 0.25) is 0 Å². The fourth-order valence-corrected chi connectivity index (χ4v) is 3.38. The van der Waals surface area contributed by atoms with Crippen molar-refractivity contribution in [3.8, 4) is 0 Å². The second-order valence-electron chi connectivity index (χ2n) is 5.38. The first-order valence-corrected chi connectivity index (χ1v) is 8.64. The predicted molar refractivity (Wildman–Crippen MR) is 81.4 cm³/mol. The molecule has 0 aliphatic heterocycles. The molecule has 0 bridgehead atoms. The lowest BCUT2D eigenvalue weighted by Crippen LogP contribution is -2.36. The van der Waals surface area contributed by atoms with E-state index in [1.165, 1.54) is 11.8 Å². The van der Waals surface area contributed by atoms with Crippen LogP contribution in [-0.2, 0) is 9.84 Å². The molecular weight excluding hydrogens is 258 g/mol. The van der Waals surface area contributed by atoms with E-state index >= 15 is 0 Å². The summed E-state index contributed by atoms with van der Waals surface area (Å²) in [5.41, 5.74) is 4.63. The molecule has 0 spiro atoms. The van der Waals surface area contributed by atoms with Gasteiger partial charge in [-0.2, -0.15) is 0 Å². The van der Waals surface area contributed by atoms with Crippen LogP contribution in [0.5, 0.6) is 0 Å². The number of sulfone groups is 1. The smallest absolute Gasteiger partial charge is 0.151 e. The Labute approximate surface area is 117 Å². The van der Waals surface area contributed by atoms with Crippen molar-refractivity contribution in [3.63, 3.8) is 0 Å². The third-order valence-corrected chi connectivity index (χ3v) is 5.24. The first-order chi connectivity index (χ1) is 8.68. The summed E-state index contributed by atoms with van der Waals surface area (Å²) < 4.78 is 23.7. The van der Waals surface area contributed by atoms with Gasteiger partial charge in [0.25, 0.3) is 0 Å². The molecule has 1 aromatic carbocycles. The molecule has 19 heavy (non-hydrogen) atoms. The first kappa shape index (κ1) is 16.2. The van der Waals surface area contributed by atoms with Crippen LogP contribution in [0.4, 0.5) is 0 Å². The zero-order valence-electron chi connectivity index (χ0n) is 12.7. The summed E-state index contributed by atoms with van der Waals surface area (Å²) in [6.45, 7) is 10.7. The quantitative estimate of drug-likeness (QED) is 0.903. The van der Waals surface area contributed by atoms with Gasteiger partial charge in [0, 0.05) is 12.3 Å². The van der Waals surface area contributed by atoms with Crippen molar-refractivity contribution in [2.45, 2.75) is 45.9 Å². The normalized spacial score (nSPS) is 15.3. The molecule has 4 heteroatoms. The molecule has 0 amide bonds. The molecule has 0 saturated carbocycles. The van der Waals surface area contributed by atoms with E-state index in [9.17, 15) is 8.42 Å². The summed E-state index contributed by atoms with van der Waals surface area (Å²) in [4.78, 5) is 0. The van der Waals surface area contributed by atoms with E-state index in [1.54, 1.807) is 6.92 Å². The maximum Gasteiger partial charge on any atom is 0.151 e. The molecule has 1 rings (SSSR count). The third-order valence-electron chi connectivity index (χ3n) is 3.62. The Hall–Kier alpha value is -0.870. The topological polar surface area (TPSA) is 46.2 Å². The second-order valence-corrected chi connectivity index (χ2v) is 7.79. The van der Waals surface area contributed by atoms with Crippen molar-refractivity contribution < 1.29 is 8.42 Å². The monoisotopic (exact) mass is 283 g/mol. The van der Waals surface area contributed by atoms with Crippen LogP contribution < -0.4 is 5.32 Å². The Kier molecular flexibility index (Phi) is 5.16. The van der Waals surface area contributed by atoms with Gasteiger partial charge in [-0.1, -0.05) is 24.6 Å². The zero-order valence-corrected chi connectivity index (χ0v) is 13.6. The van der Waals surface area contributed by atoms with Gasteiger partial charge in [0.05, 0.1) is 5.25 Å². The highest BCUT2D eigenvalue weighted by atomic mass is 32.2. The van der Waals surface area contributed by atoms with Crippen LogP contribution in [0.2, 0.25) is 0 Å². The molecule has 1 N–H and O–H groups in total. The average Bonchev–Trinajstić information content (AvgIpc) is 2.24. The molecular formula is C15H25NO2S.